The average molecular weight is 512 g/mol. The Hall–Kier alpha value is -2.89. The second kappa shape index (κ2) is 15.3. The van der Waals surface area contributed by atoms with Crippen molar-refractivity contribution in [3.05, 3.63) is 0 Å². The lowest BCUT2D eigenvalue weighted by molar-refractivity contribution is -0.141. The average Bonchev–Trinajstić information content (AvgIpc) is 2.87. The highest BCUT2D eigenvalue weighted by Gasteiger charge is 2.30. The zero-order valence-corrected chi connectivity index (χ0v) is 21.3. The lowest BCUT2D eigenvalue weighted by Crippen LogP contribution is -2.52. The molecule has 0 aromatic carbocycles. The largest absolute Gasteiger partial charge is 0.480 e. The maximum atomic E-state index is 12.7. The molecule has 12 heteroatoms. The van der Waals surface area contributed by atoms with Gasteiger partial charge in [0.25, 0.3) is 0 Å². The Bertz CT molecular complexity index is 770. The molecule has 2 aliphatic rings. The molecular formula is C24H41N5O7. The van der Waals surface area contributed by atoms with Crippen LogP contribution in [0.5, 0.6) is 0 Å². The van der Waals surface area contributed by atoms with Crippen LogP contribution >= 0.6 is 0 Å². The van der Waals surface area contributed by atoms with Gasteiger partial charge in [-0.15, -0.1) is 0 Å². The summed E-state index contributed by atoms with van der Waals surface area (Å²) in [4.78, 5) is 62.2. The second-order valence-electron chi connectivity index (χ2n) is 9.96. The lowest BCUT2D eigenvalue weighted by atomic mass is 9.92. The Kier molecular flexibility index (Phi) is 12.4. The molecule has 0 radical (unpaired) electrons. The molecule has 2 fully saturated rings. The van der Waals surface area contributed by atoms with E-state index < -0.39 is 36.5 Å². The van der Waals surface area contributed by atoms with Gasteiger partial charge in [0, 0.05) is 26.1 Å². The number of nitrogens with zero attached hydrogens (tertiary/aromatic N) is 1. The van der Waals surface area contributed by atoms with E-state index in [0.717, 1.165) is 32.4 Å². The van der Waals surface area contributed by atoms with Gasteiger partial charge in [-0.25, -0.2) is 9.59 Å². The summed E-state index contributed by atoms with van der Waals surface area (Å²) in [6.45, 7) is 6.07. The molecule has 0 unspecified atom stereocenters. The highest BCUT2D eigenvalue weighted by Crippen LogP contribution is 2.21. The standard InChI is InChI=1S/C24H41N5O7/c1-16(2)15-36-24(35)27-13-20(30)28-19(23(33)34)12-26-22(32)18-4-3-11-29(14-18)21(31)6-5-17-7-9-25-10-8-17/h16-19,25H,3-15H2,1-2H3,(H,26,32)(H,27,35)(H,28,30)(H,33,34)/t18-,19-/m1/s1. The van der Waals surface area contributed by atoms with Crippen molar-refractivity contribution in [2.75, 3.05) is 45.9 Å². The van der Waals surface area contributed by atoms with Crippen LogP contribution < -0.4 is 21.3 Å². The topological polar surface area (TPSA) is 166 Å². The summed E-state index contributed by atoms with van der Waals surface area (Å²) < 4.78 is 4.89. The fourth-order valence-corrected chi connectivity index (χ4v) is 4.31. The Labute approximate surface area is 212 Å². The van der Waals surface area contributed by atoms with E-state index >= 15 is 0 Å². The van der Waals surface area contributed by atoms with Gasteiger partial charge in [0.15, 0.2) is 0 Å². The normalized spacial score (nSPS) is 19.3. The fourth-order valence-electron chi connectivity index (χ4n) is 4.31. The van der Waals surface area contributed by atoms with Gasteiger partial charge in [-0.3, -0.25) is 14.4 Å². The minimum atomic E-state index is -1.36. The number of hydrogen-bond acceptors (Lipinski definition) is 7. The third-order valence-corrected chi connectivity index (χ3v) is 6.42. The van der Waals surface area contributed by atoms with Crippen LogP contribution in [0.3, 0.4) is 0 Å². The van der Waals surface area contributed by atoms with Crippen molar-refractivity contribution < 1.29 is 33.8 Å². The molecule has 4 amide bonds. The number of carboxylic acid groups (broad SMARTS) is 1. The highest BCUT2D eigenvalue weighted by molar-refractivity contribution is 5.87. The lowest BCUT2D eigenvalue weighted by Gasteiger charge is -2.33. The third kappa shape index (κ3) is 10.8. The van der Waals surface area contributed by atoms with Crippen LogP contribution in [0.25, 0.3) is 0 Å². The van der Waals surface area contributed by atoms with Crippen LogP contribution in [-0.2, 0) is 23.9 Å². The Morgan fingerprint density at radius 3 is 2.47 bits per heavy atom. The number of amides is 4. The number of nitrogens with one attached hydrogen (secondary N) is 4. The van der Waals surface area contributed by atoms with E-state index in [1.54, 1.807) is 4.90 Å². The number of ether oxygens (including phenoxy) is 1. The molecule has 0 spiro atoms. The van der Waals surface area contributed by atoms with E-state index in [1.807, 2.05) is 13.8 Å². The summed E-state index contributed by atoms with van der Waals surface area (Å²) in [5.41, 5.74) is 0. The molecule has 2 rings (SSSR count). The molecule has 0 aromatic heterocycles. The molecule has 12 nitrogen and oxygen atoms in total. The van der Waals surface area contributed by atoms with Gasteiger partial charge in [0.1, 0.15) is 12.6 Å². The van der Waals surface area contributed by atoms with Crippen molar-refractivity contribution in [2.45, 2.75) is 58.4 Å². The number of carbonyl (C=O) groups is 5. The molecular weight excluding hydrogens is 470 g/mol. The number of likely N-dealkylation sites (tertiary alicyclic amines) is 1. The van der Waals surface area contributed by atoms with Crippen molar-refractivity contribution in [1.82, 2.24) is 26.2 Å². The van der Waals surface area contributed by atoms with Crippen LogP contribution in [0.2, 0.25) is 0 Å². The molecule has 5 N–H and O–H groups in total. The fraction of sp³-hybridized carbons (Fsp3) is 0.792. The van der Waals surface area contributed by atoms with Gasteiger partial charge < -0.3 is 36.0 Å². The first-order valence-electron chi connectivity index (χ1n) is 12.8. The van der Waals surface area contributed by atoms with E-state index in [4.69, 9.17) is 4.74 Å². The number of carbonyl (C=O) groups excluding carboxylic acids is 4. The minimum absolute atomic E-state index is 0.0566. The van der Waals surface area contributed by atoms with E-state index in [-0.39, 0.29) is 30.9 Å². The van der Waals surface area contributed by atoms with E-state index in [0.29, 0.717) is 38.3 Å². The second-order valence-corrected chi connectivity index (χ2v) is 9.96. The first-order chi connectivity index (χ1) is 17.2. The van der Waals surface area contributed by atoms with Crippen LogP contribution in [0, 0.1) is 17.8 Å². The van der Waals surface area contributed by atoms with Crippen LogP contribution in [-0.4, -0.2) is 91.7 Å². The molecule has 0 aliphatic carbocycles. The number of piperidine rings is 2. The SMILES string of the molecule is CC(C)COC(=O)NCC(=O)N[C@H](CNC(=O)[C@@H]1CCCN(C(=O)CCC2CCNCC2)C1)C(=O)O. The number of rotatable bonds is 12. The first-order valence-corrected chi connectivity index (χ1v) is 12.8. The Balaban J connectivity index is 1.73. The van der Waals surface area contributed by atoms with Gasteiger partial charge in [0.05, 0.1) is 12.5 Å². The molecule has 2 atom stereocenters. The molecule has 204 valence electrons. The summed E-state index contributed by atoms with van der Waals surface area (Å²) in [5.74, 6) is -2.06. The molecule has 0 aromatic rings. The molecule has 2 aliphatic heterocycles. The summed E-state index contributed by atoms with van der Waals surface area (Å²) in [7, 11) is 0. The van der Waals surface area contributed by atoms with E-state index in [1.165, 1.54) is 0 Å². The van der Waals surface area contributed by atoms with E-state index in [9.17, 15) is 29.1 Å². The highest BCUT2D eigenvalue weighted by atomic mass is 16.5. The van der Waals surface area contributed by atoms with Gasteiger partial charge in [-0.1, -0.05) is 13.8 Å². The van der Waals surface area contributed by atoms with Crippen molar-refractivity contribution in [2.24, 2.45) is 17.8 Å². The van der Waals surface area contributed by atoms with Gasteiger partial charge >= 0.3 is 12.1 Å². The summed E-state index contributed by atoms with van der Waals surface area (Å²) in [6, 6.07) is -1.36. The third-order valence-electron chi connectivity index (χ3n) is 6.42. The number of alkyl carbamates (subject to hydrolysis) is 1. The first kappa shape index (κ1) is 29.3. The zero-order valence-electron chi connectivity index (χ0n) is 21.3. The summed E-state index contributed by atoms with van der Waals surface area (Å²) in [5, 5.41) is 19.8. The maximum absolute atomic E-state index is 12.7. The Morgan fingerprint density at radius 2 is 1.81 bits per heavy atom. The monoisotopic (exact) mass is 511 g/mol. The summed E-state index contributed by atoms with van der Waals surface area (Å²) >= 11 is 0. The Morgan fingerprint density at radius 1 is 1.08 bits per heavy atom. The smallest absolute Gasteiger partial charge is 0.407 e. The summed E-state index contributed by atoms with van der Waals surface area (Å²) in [6.07, 6.45) is 4.04. The van der Waals surface area contributed by atoms with Gasteiger partial charge in [-0.2, -0.15) is 0 Å². The molecule has 0 saturated carbocycles. The van der Waals surface area contributed by atoms with Crippen molar-refractivity contribution in [1.29, 1.82) is 0 Å². The van der Waals surface area contributed by atoms with E-state index in [2.05, 4.69) is 21.3 Å². The number of hydrogen-bond donors (Lipinski definition) is 5. The van der Waals surface area contributed by atoms with Gasteiger partial charge in [-0.05, 0) is 57.0 Å². The molecule has 36 heavy (non-hydrogen) atoms. The number of carboxylic acids is 1. The maximum Gasteiger partial charge on any atom is 0.407 e. The van der Waals surface area contributed by atoms with Crippen molar-refractivity contribution >= 4 is 29.8 Å². The molecule has 2 heterocycles. The predicted octanol–water partition coefficient (Wildman–Crippen LogP) is 0.0726. The van der Waals surface area contributed by atoms with Crippen molar-refractivity contribution in [3.63, 3.8) is 0 Å². The number of aliphatic carboxylic acids is 1. The van der Waals surface area contributed by atoms with Crippen LogP contribution in [0.4, 0.5) is 4.79 Å². The van der Waals surface area contributed by atoms with Gasteiger partial charge in [0.2, 0.25) is 17.7 Å². The van der Waals surface area contributed by atoms with Crippen molar-refractivity contribution in [3.8, 4) is 0 Å². The predicted molar refractivity (Wildman–Crippen MR) is 131 cm³/mol. The molecule has 0 bridgehead atoms. The van der Waals surface area contributed by atoms with Crippen LogP contribution in [0.15, 0.2) is 0 Å². The minimum Gasteiger partial charge on any atom is -0.480 e. The molecule has 2 saturated heterocycles. The van der Waals surface area contributed by atoms with Crippen LogP contribution in [0.1, 0.15) is 52.4 Å². The quantitative estimate of drug-likeness (QED) is 0.245. The zero-order chi connectivity index (χ0) is 26.5.